The van der Waals surface area contributed by atoms with Gasteiger partial charge in [0.1, 0.15) is 5.75 Å². The lowest BCUT2D eigenvalue weighted by molar-refractivity contribution is -0.163. The van der Waals surface area contributed by atoms with E-state index in [9.17, 15) is 5.11 Å². The van der Waals surface area contributed by atoms with E-state index in [1.54, 1.807) is 7.11 Å². The summed E-state index contributed by atoms with van der Waals surface area (Å²) in [5.74, 6) is 2.48. The Hall–Kier alpha value is -1.02. The number of rotatable bonds is 3. The van der Waals surface area contributed by atoms with Crippen LogP contribution in [0.5, 0.6) is 5.75 Å². The van der Waals surface area contributed by atoms with Crippen molar-refractivity contribution < 1.29 is 9.84 Å². The maximum atomic E-state index is 10.8. The minimum Gasteiger partial charge on any atom is -0.497 e. The van der Waals surface area contributed by atoms with E-state index in [2.05, 4.69) is 24.3 Å². The monoisotopic (exact) mass is 272 g/mol. The van der Waals surface area contributed by atoms with Crippen molar-refractivity contribution in [1.29, 1.82) is 0 Å². The van der Waals surface area contributed by atoms with Gasteiger partial charge in [-0.25, -0.2) is 0 Å². The van der Waals surface area contributed by atoms with Gasteiger partial charge in [-0.2, -0.15) is 0 Å². The molecule has 4 fully saturated rings. The summed E-state index contributed by atoms with van der Waals surface area (Å²) >= 11 is 0. The summed E-state index contributed by atoms with van der Waals surface area (Å²) in [6, 6.07) is 8.51. The normalized spacial score (nSPS) is 41.9. The predicted octanol–water partition coefficient (Wildman–Crippen LogP) is 3.57. The summed E-state index contributed by atoms with van der Waals surface area (Å²) in [6.07, 6.45) is 8.31. The van der Waals surface area contributed by atoms with Crippen LogP contribution in [-0.4, -0.2) is 17.8 Å². The van der Waals surface area contributed by atoms with Gasteiger partial charge < -0.3 is 9.84 Å². The summed E-state index contributed by atoms with van der Waals surface area (Å²) in [6.45, 7) is 0. The minimum atomic E-state index is -0.337. The third-order valence-electron chi connectivity index (χ3n) is 5.89. The molecule has 0 spiro atoms. The molecule has 20 heavy (non-hydrogen) atoms. The largest absolute Gasteiger partial charge is 0.497 e. The van der Waals surface area contributed by atoms with E-state index < -0.39 is 0 Å². The molecule has 4 aliphatic rings. The van der Waals surface area contributed by atoms with Crippen molar-refractivity contribution in [1.82, 2.24) is 0 Å². The molecule has 4 saturated carbocycles. The summed E-state index contributed by atoms with van der Waals surface area (Å²) in [5, 5.41) is 10.8. The van der Waals surface area contributed by atoms with E-state index in [0.29, 0.717) is 5.41 Å². The van der Waals surface area contributed by atoms with E-state index in [1.165, 1.54) is 24.8 Å². The molecular formula is C18H24O2. The number of benzene rings is 1. The highest BCUT2D eigenvalue weighted by atomic mass is 16.5. The fourth-order valence-corrected chi connectivity index (χ4v) is 5.79. The lowest BCUT2D eigenvalue weighted by Crippen LogP contribution is -2.56. The number of ether oxygens (including phenoxy) is 1. The maximum Gasteiger partial charge on any atom is 0.118 e. The molecule has 2 atom stereocenters. The van der Waals surface area contributed by atoms with Crippen molar-refractivity contribution in [2.45, 2.75) is 50.5 Å². The lowest BCUT2D eigenvalue weighted by Gasteiger charge is -2.60. The molecule has 1 N–H and O–H groups in total. The molecule has 4 bridgehead atoms. The Morgan fingerprint density at radius 2 is 1.75 bits per heavy atom. The van der Waals surface area contributed by atoms with Gasteiger partial charge in [-0.05, 0) is 79.9 Å². The molecule has 108 valence electrons. The first-order valence-electron chi connectivity index (χ1n) is 7.94. The summed E-state index contributed by atoms with van der Waals surface area (Å²) in [4.78, 5) is 0. The topological polar surface area (TPSA) is 29.5 Å². The van der Waals surface area contributed by atoms with Crippen LogP contribution in [0.4, 0.5) is 0 Å². The first kappa shape index (κ1) is 12.7. The molecule has 0 heterocycles. The van der Waals surface area contributed by atoms with Crippen LogP contribution >= 0.6 is 0 Å². The fraction of sp³-hybridized carbons (Fsp3) is 0.667. The quantitative estimate of drug-likeness (QED) is 0.911. The molecule has 0 aliphatic heterocycles. The van der Waals surface area contributed by atoms with Crippen molar-refractivity contribution in [2.24, 2.45) is 17.3 Å². The molecule has 1 aromatic carbocycles. The zero-order chi connectivity index (χ0) is 13.8. The highest BCUT2D eigenvalue weighted by Crippen LogP contribution is 2.62. The Bertz CT molecular complexity index is 491. The number of methoxy groups -OCH3 is 1. The van der Waals surface area contributed by atoms with Gasteiger partial charge in [0.15, 0.2) is 0 Å². The van der Waals surface area contributed by atoms with Gasteiger partial charge in [-0.3, -0.25) is 0 Å². The molecular weight excluding hydrogens is 248 g/mol. The van der Waals surface area contributed by atoms with E-state index in [-0.39, 0.29) is 5.60 Å². The fourth-order valence-electron chi connectivity index (χ4n) is 5.79. The first-order chi connectivity index (χ1) is 9.58. The first-order valence-corrected chi connectivity index (χ1v) is 7.94. The van der Waals surface area contributed by atoms with Crippen LogP contribution in [0.15, 0.2) is 24.3 Å². The zero-order valence-corrected chi connectivity index (χ0v) is 12.3. The highest BCUT2D eigenvalue weighted by molar-refractivity contribution is 5.28. The Morgan fingerprint density at radius 1 is 1.10 bits per heavy atom. The average Bonchev–Trinajstić information content (AvgIpc) is 2.36. The SMILES string of the molecule is COc1ccc(CC23CC4CC(CC(O)(C4)C2)C3)cc1. The van der Waals surface area contributed by atoms with Crippen molar-refractivity contribution in [3.63, 3.8) is 0 Å². The second-order valence-electron chi connectivity index (χ2n) is 7.71. The summed E-state index contributed by atoms with van der Waals surface area (Å²) < 4.78 is 5.24. The van der Waals surface area contributed by atoms with E-state index >= 15 is 0 Å². The van der Waals surface area contributed by atoms with Crippen molar-refractivity contribution >= 4 is 0 Å². The highest BCUT2D eigenvalue weighted by Gasteiger charge is 2.56. The van der Waals surface area contributed by atoms with Gasteiger partial charge in [-0.15, -0.1) is 0 Å². The molecule has 5 rings (SSSR count). The van der Waals surface area contributed by atoms with Crippen LogP contribution in [0, 0.1) is 17.3 Å². The van der Waals surface area contributed by atoms with Crippen LogP contribution in [0.1, 0.15) is 44.1 Å². The predicted molar refractivity (Wildman–Crippen MR) is 78.8 cm³/mol. The van der Waals surface area contributed by atoms with Gasteiger partial charge in [0.05, 0.1) is 12.7 Å². The third-order valence-corrected chi connectivity index (χ3v) is 5.89. The average molecular weight is 272 g/mol. The minimum absolute atomic E-state index is 0.337. The Morgan fingerprint density at radius 3 is 2.30 bits per heavy atom. The van der Waals surface area contributed by atoms with Crippen LogP contribution in [0.3, 0.4) is 0 Å². The molecule has 1 aromatic rings. The number of hydrogen-bond acceptors (Lipinski definition) is 2. The maximum absolute atomic E-state index is 10.8. The number of hydrogen-bond donors (Lipinski definition) is 1. The molecule has 0 amide bonds. The van der Waals surface area contributed by atoms with Crippen LogP contribution in [0.25, 0.3) is 0 Å². The Labute approximate surface area is 121 Å². The standard InChI is InChI=1S/C18H24O2/c1-20-16-4-2-13(3-5-16)7-17-8-14-6-15(9-17)11-18(19,10-14)12-17/h2-5,14-15,19H,6-12H2,1H3. The summed E-state index contributed by atoms with van der Waals surface area (Å²) in [7, 11) is 1.71. The third kappa shape index (κ3) is 2.05. The van der Waals surface area contributed by atoms with E-state index in [1.807, 2.05) is 0 Å². The zero-order valence-electron chi connectivity index (χ0n) is 12.3. The Balaban J connectivity index is 1.58. The molecule has 0 radical (unpaired) electrons. The Kier molecular flexibility index (Phi) is 2.69. The van der Waals surface area contributed by atoms with Crippen molar-refractivity contribution in [2.75, 3.05) is 7.11 Å². The van der Waals surface area contributed by atoms with Gasteiger partial charge in [0, 0.05) is 0 Å². The summed E-state index contributed by atoms with van der Waals surface area (Å²) in [5.41, 5.74) is 1.43. The smallest absolute Gasteiger partial charge is 0.118 e. The lowest BCUT2D eigenvalue weighted by atomic mass is 9.47. The van der Waals surface area contributed by atoms with Crippen molar-refractivity contribution in [3.8, 4) is 5.75 Å². The van der Waals surface area contributed by atoms with Crippen molar-refractivity contribution in [3.05, 3.63) is 29.8 Å². The van der Waals surface area contributed by atoms with Gasteiger partial charge in [0.2, 0.25) is 0 Å². The van der Waals surface area contributed by atoms with Gasteiger partial charge in [-0.1, -0.05) is 12.1 Å². The molecule has 0 aromatic heterocycles. The van der Waals surface area contributed by atoms with Gasteiger partial charge >= 0.3 is 0 Å². The van der Waals surface area contributed by atoms with Crippen LogP contribution < -0.4 is 4.74 Å². The number of aliphatic hydroxyl groups is 1. The van der Waals surface area contributed by atoms with Gasteiger partial charge in [0.25, 0.3) is 0 Å². The second kappa shape index (κ2) is 4.24. The van der Waals surface area contributed by atoms with E-state index in [4.69, 9.17) is 4.74 Å². The van der Waals surface area contributed by atoms with Crippen LogP contribution in [-0.2, 0) is 6.42 Å². The molecule has 2 nitrogen and oxygen atoms in total. The molecule has 2 unspecified atom stereocenters. The second-order valence-corrected chi connectivity index (χ2v) is 7.71. The van der Waals surface area contributed by atoms with E-state index in [0.717, 1.165) is 43.3 Å². The molecule has 2 heteroatoms. The molecule has 0 saturated heterocycles. The molecule has 4 aliphatic carbocycles. The van der Waals surface area contributed by atoms with Crippen LogP contribution in [0.2, 0.25) is 0 Å².